The lowest BCUT2D eigenvalue weighted by Crippen LogP contribution is -2.31. The summed E-state index contributed by atoms with van der Waals surface area (Å²) in [7, 11) is 1.45. The molecule has 0 saturated heterocycles. The van der Waals surface area contributed by atoms with Crippen LogP contribution in [0.25, 0.3) is 11.2 Å². The number of aryl methyl sites for hydroxylation is 2. The molecule has 0 aliphatic rings. The summed E-state index contributed by atoms with van der Waals surface area (Å²) in [5.74, 6) is -0.223. The van der Waals surface area contributed by atoms with E-state index in [1.807, 2.05) is 25.1 Å². The number of nitrogens with zero attached hydrogens (tertiary/aromatic N) is 3. The summed E-state index contributed by atoms with van der Waals surface area (Å²) >= 11 is 0. The molecule has 30 heavy (non-hydrogen) atoms. The lowest BCUT2D eigenvalue weighted by molar-refractivity contribution is -0.136. The minimum absolute atomic E-state index is 0.0403. The fraction of sp³-hybridized carbons (Fsp3) is 0.368. The predicted molar refractivity (Wildman–Crippen MR) is 109 cm³/mol. The van der Waals surface area contributed by atoms with E-state index in [1.54, 1.807) is 6.07 Å². The van der Waals surface area contributed by atoms with Gasteiger partial charge in [0.25, 0.3) is 5.56 Å². The van der Waals surface area contributed by atoms with E-state index in [1.165, 1.54) is 16.2 Å². The van der Waals surface area contributed by atoms with Gasteiger partial charge in [-0.1, -0.05) is 12.1 Å². The highest BCUT2D eigenvalue weighted by Gasteiger charge is 2.20. The summed E-state index contributed by atoms with van der Waals surface area (Å²) in [5.41, 5.74) is -0.0610. The Balaban J connectivity index is 1.87. The van der Waals surface area contributed by atoms with Gasteiger partial charge in [0.1, 0.15) is 18.5 Å². The third-order valence-corrected chi connectivity index (χ3v) is 4.45. The molecule has 1 aromatic carbocycles. The quantitative estimate of drug-likeness (QED) is 0.381. The van der Waals surface area contributed by atoms with Crippen molar-refractivity contribution in [2.45, 2.75) is 26.0 Å². The number of H-pyrrole nitrogens is 1. The number of carboxylic acid groups (broad SMARTS) is 1. The summed E-state index contributed by atoms with van der Waals surface area (Å²) in [6.45, 7) is 1.88. The lowest BCUT2D eigenvalue weighted by atomic mass is 10.2. The van der Waals surface area contributed by atoms with Crippen molar-refractivity contribution in [1.29, 1.82) is 0 Å². The van der Waals surface area contributed by atoms with Gasteiger partial charge in [0.05, 0.1) is 13.0 Å². The molecule has 0 bridgehead atoms. The van der Waals surface area contributed by atoms with Gasteiger partial charge in [0.2, 0.25) is 5.95 Å². The van der Waals surface area contributed by atoms with Gasteiger partial charge in [0, 0.05) is 13.6 Å². The van der Waals surface area contributed by atoms with Crippen LogP contribution in [0.2, 0.25) is 0 Å². The number of aliphatic carboxylic acids is 1. The Kier molecular flexibility index (Phi) is 6.21. The number of benzene rings is 1. The van der Waals surface area contributed by atoms with E-state index >= 15 is 0 Å². The van der Waals surface area contributed by atoms with Crippen molar-refractivity contribution in [2.75, 3.05) is 18.5 Å². The molecule has 4 N–H and O–H groups in total. The maximum Gasteiger partial charge on any atom is 0.329 e. The minimum Gasteiger partial charge on any atom is -0.491 e. The van der Waals surface area contributed by atoms with E-state index in [0.717, 1.165) is 5.56 Å². The van der Waals surface area contributed by atoms with Gasteiger partial charge in [-0.3, -0.25) is 19.1 Å². The topological polar surface area (TPSA) is 151 Å². The Labute approximate surface area is 170 Å². The Bertz CT molecular complexity index is 1180. The van der Waals surface area contributed by atoms with E-state index in [2.05, 4.69) is 15.3 Å². The molecule has 0 amide bonds. The summed E-state index contributed by atoms with van der Waals surface area (Å²) in [6.07, 6.45) is -1.17. The van der Waals surface area contributed by atoms with E-state index in [0.29, 0.717) is 5.75 Å². The number of aliphatic hydroxyl groups excluding tert-OH is 1. The second kappa shape index (κ2) is 8.82. The number of aliphatic hydroxyl groups is 1. The van der Waals surface area contributed by atoms with Gasteiger partial charge in [-0.2, -0.15) is 4.98 Å². The molecule has 11 heteroatoms. The van der Waals surface area contributed by atoms with Gasteiger partial charge >= 0.3 is 11.7 Å². The highest BCUT2D eigenvalue weighted by Crippen LogP contribution is 2.17. The van der Waals surface area contributed by atoms with Crippen LogP contribution >= 0.6 is 0 Å². The molecule has 0 aliphatic heterocycles. The van der Waals surface area contributed by atoms with Crippen LogP contribution < -0.4 is 21.3 Å². The molecule has 0 saturated carbocycles. The molecule has 11 nitrogen and oxygen atoms in total. The van der Waals surface area contributed by atoms with Crippen molar-refractivity contribution in [1.82, 2.24) is 19.1 Å². The molecule has 3 rings (SSSR count). The molecule has 0 aliphatic carbocycles. The van der Waals surface area contributed by atoms with Crippen LogP contribution in [0.15, 0.2) is 33.9 Å². The van der Waals surface area contributed by atoms with E-state index in [4.69, 9.17) is 9.84 Å². The van der Waals surface area contributed by atoms with Crippen molar-refractivity contribution in [2.24, 2.45) is 7.05 Å². The Morgan fingerprint density at radius 2 is 2.13 bits per heavy atom. The van der Waals surface area contributed by atoms with E-state index < -0.39 is 23.3 Å². The van der Waals surface area contributed by atoms with Gasteiger partial charge in [-0.25, -0.2) is 4.79 Å². The zero-order chi connectivity index (χ0) is 21.8. The SMILES string of the molecule is Cc1cccc(OCC(O)Cn2c(NCCC(=O)O)nc3c2c(=O)[nH]c(=O)n3C)c1. The number of fused-ring (bicyclic) bond motifs is 1. The number of aromatic nitrogens is 4. The summed E-state index contributed by atoms with van der Waals surface area (Å²) < 4.78 is 8.20. The number of ether oxygens (including phenoxy) is 1. The van der Waals surface area contributed by atoms with Crippen molar-refractivity contribution >= 4 is 23.1 Å². The van der Waals surface area contributed by atoms with Crippen LogP contribution in [0.4, 0.5) is 5.95 Å². The van der Waals surface area contributed by atoms with Crippen LogP contribution in [0, 0.1) is 6.92 Å². The van der Waals surface area contributed by atoms with E-state index in [9.17, 15) is 19.5 Å². The van der Waals surface area contributed by atoms with Gasteiger partial charge in [0.15, 0.2) is 11.2 Å². The monoisotopic (exact) mass is 417 g/mol. The van der Waals surface area contributed by atoms with Gasteiger partial charge in [-0.15, -0.1) is 0 Å². The second-order valence-electron chi connectivity index (χ2n) is 6.89. The number of rotatable bonds is 9. The highest BCUT2D eigenvalue weighted by molar-refractivity contribution is 5.74. The Morgan fingerprint density at radius 3 is 2.83 bits per heavy atom. The fourth-order valence-corrected chi connectivity index (χ4v) is 2.99. The molecule has 0 fully saturated rings. The molecule has 3 aromatic rings. The van der Waals surface area contributed by atoms with Crippen LogP contribution in [0.1, 0.15) is 12.0 Å². The number of anilines is 1. The average Bonchev–Trinajstić information content (AvgIpc) is 3.03. The smallest absolute Gasteiger partial charge is 0.329 e. The molecule has 0 spiro atoms. The zero-order valence-electron chi connectivity index (χ0n) is 16.6. The second-order valence-corrected chi connectivity index (χ2v) is 6.89. The lowest BCUT2D eigenvalue weighted by Gasteiger charge is -2.16. The summed E-state index contributed by atoms with van der Waals surface area (Å²) in [5, 5.41) is 22.2. The van der Waals surface area contributed by atoms with Gasteiger partial charge < -0.3 is 24.8 Å². The van der Waals surface area contributed by atoms with Crippen LogP contribution in [-0.2, 0) is 18.4 Å². The normalized spacial score (nSPS) is 12.1. The first-order chi connectivity index (χ1) is 14.3. The number of carbonyl (C=O) groups is 1. The first-order valence-electron chi connectivity index (χ1n) is 9.29. The van der Waals surface area contributed by atoms with Crippen LogP contribution in [-0.4, -0.2) is 54.5 Å². The number of hydrogen-bond donors (Lipinski definition) is 4. The maximum atomic E-state index is 12.4. The number of nitrogens with one attached hydrogen (secondary N) is 2. The van der Waals surface area contributed by atoms with E-state index in [-0.39, 0.29) is 43.2 Å². The zero-order valence-corrected chi connectivity index (χ0v) is 16.6. The first kappa shape index (κ1) is 21.1. The molecule has 1 atom stereocenters. The molecule has 2 heterocycles. The Hall–Kier alpha value is -3.60. The van der Waals surface area contributed by atoms with Crippen molar-refractivity contribution in [3.8, 4) is 5.75 Å². The van der Waals surface area contributed by atoms with Crippen molar-refractivity contribution in [3.05, 3.63) is 50.7 Å². The molecule has 2 aromatic heterocycles. The van der Waals surface area contributed by atoms with Gasteiger partial charge in [-0.05, 0) is 24.6 Å². The third kappa shape index (κ3) is 4.69. The summed E-state index contributed by atoms with van der Waals surface area (Å²) in [6, 6.07) is 7.36. The minimum atomic E-state index is -1.00. The third-order valence-electron chi connectivity index (χ3n) is 4.45. The summed E-state index contributed by atoms with van der Waals surface area (Å²) in [4.78, 5) is 41.5. The fourth-order valence-electron chi connectivity index (χ4n) is 2.99. The Morgan fingerprint density at radius 1 is 1.37 bits per heavy atom. The largest absolute Gasteiger partial charge is 0.491 e. The average molecular weight is 417 g/mol. The standard InChI is InChI=1S/C19H23N5O6/c1-11-4-3-5-13(8-11)30-10-12(25)9-24-15-16(23(2)19(29)22-17(15)28)21-18(24)20-7-6-14(26)27/h3-5,8,12,25H,6-7,9-10H2,1-2H3,(H,20,21)(H,26,27)(H,22,28,29). The predicted octanol–water partition coefficient (Wildman–Crippen LogP) is 0.0582. The van der Waals surface area contributed by atoms with Crippen LogP contribution in [0.3, 0.4) is 0 Å². The molecular formula is C19H23N5O6. The van der Waals surface area contributed by atoms with Crippen molar-refractivity contribution < 1.29 is 19.7 Å². The number of hydrogen-bond acceptors (Lipinski definition) is 7. The molecule has 160 valence electrons. The number of aromatic amines is 1. The van der Waals surface area contributed by atoms with Crippen LogP contribution in [0.5, 0.6) is 5.75 Å². The maximum absolute atomic E-state index is 12.4. The number of imidazole rings is 1. The number of carboxylic acids is 1. The van der Waals surface area contributed by atoms with Crippen molar-refractivity contribution in [3.63, 3.8) is 0 Å². The molecular weight excluding hydrogens is 394 g/mol. The molecule has 0 radical (unpaired) electrons. The molecule has 1 unspecified atom stereocenters. The first-order valence-corrected chi connectivity index (χ1v) is 9.29. The highest BCUT2D eigenvalue weighted by atomic mass is 16.5.